The Balaban J connectivity index is 2.23. The van der Waals surface area contributed by atoms with Gasteiger partial charge in [-0.3, -0.25) is 4.79 Å². The molecule has 1 atom stereocenters. The number of nitrogens with one attached hydrogen (secondary N) is 2. The Morgan fingerprint density at radius 2 is 2.26 bits per heavy atom. The van der Waals surface area contributed by atoms with Crippen LogP contribution in [0.3, 0.4) is 0 Å². The van der Waals surface area contributed by atoms with Gasteiger partial charge < -0.3 is 15.7 Å². The lowest BCUT2D eigenvalue weighted by molar-refractivity contribution is 0.0930. The first-order valence-corrected chi connectivity index (χ1v) is 6.88. The number of hydrogen-bond donors (Lipinski definition) is 3. The van der Waals surface area contributed by atoms with Crippen LogP contribution in [0.4, 0.5) is 5.69 Å². The Morgan fingerprint density at radius 1 is 1.53 bits per heavy atom. The highest BCUT2D eigenvalue weighted by atomic mass is 35.5. The maximum Gasteiger partial charge on any atom is 0.251 e. The van der Waals surface area contributed by atoms with E-state index in [1.54, 1.807) is 0 Å². The molecule has 0 saturated heterocycles. The molecule has 3 N–H and O–H groups in total. The average Bonchev–Trinajstić information content (AvgIpc) is 2.40. The lowest BCUT2D eigenvalue weighted by Crippen LogP contribution is -2.43. The van der Waals surface area contributed by atoms with Crippen LogP contribution in [0.5, 0.6) is 0 Å². The summed E-state index contributed by atoms with van der Waals surface area (Å²) in [5, 5.41) is 15.4. The molecule has 1 amide bonds. The van der Waals surface area contributed by atoms with E-state index in [-0.39, 0.29) is 17.2 Å². The molecule has 19 heavy (non-hydrogen) atoms. The van der Waals surface area contributed by atoms with Crippen molar-refractivity contribution in [1.82, 2.24) is 5.32 Å². The van der Waals surface area contributed by atoms with Crippen molar-refractivity contribution in [3.05, 3.63) is 29.3 Å². The van der Waals surface area contributed by atoms with Crippen molar-refractivity contribution in [3.63, 3.8) is 0 Å². The van der Waals surface area contributed by atoms with Crippen molar-refractivity contribution in [2.45, 2.75) is 25.4 Å². The number of carbonyl (C=O) groups excluding carboxylic acids is 1. The number of aliphatic hydroxyl groups is 1. The van der Waals surface area contributed by atoms with Gasteiger partial charge in [0.2, 0.25) is 0 Å². The molecular weight excluding hydrogens is 264 g/mol. The number of benzene rings is 1. The van der Waals surface area contributed by atoms with Gasteiger partial charge in [-0.1, -0.05) is 19.9 Å². The fraction of sp³-hybridized carbons (Fsp3) is 0.500. The minimum atomic E-state index is -0.594. The first-order valence-electron chi connectivity index (χ1n) is 6.34. The number of aliphatic hydroxyl groups excluding tert-OH is 1. The van der Waals surface area contributed by atoms with Crippen LogP contribution in [0.15, 0.2) is 18.2 Å². The topological polar surface area (TPSA) is 61.4 Å². The molecule has 0 aromatic heterocycles. The molecule has 4 nitrogen and oxygen atoms in total. The fourth-order valence-electron chi connectivity index (χ4n) is 2.21. The van der Waals surface area contributed by atoms with Crippen LogP contribution in [0.2, 0.25) is 0 Å². The van der Waals surface area contributed by atoms with E-state index < -0.39 is 6.10 Å². The van der Waals surface area contributed by atoms with Gasteiger partial charge in [-0.2, -0.15) is 0 Å². The number of fused-ring (bicyclic) bond motifs is 1. The minimum Gasteiger partial charge on any atom is -0.390 e. The van der Waals surface area contributed by atoms with Gasteiger partial charge in [-0.15, -0.1) is 11.6 Å². The highest BCUT2D eigenvalue weighted by molar-refractivity contribution is 6.18. The van der Waals surface area contributed by atoms with Gasteiger partial charge in [0.05, 0.1) is 12.0 Å². The second-order valence-electron chi connectivity index (χ2n) is 5.52. The summed E-state index contributed by atoms with van der Waals surface area (Å²) in [4.78, 5) is 11.9. The zero-order valence-electron chi connectivity index (χ0n) is 11.2. The number of carbonyl (C=O) groups is 1. The summed E-state index contributed by atoms with van der Waals surface area (Å²) in [6.45, 7) is 5.23. The number of anilines is 1. The first-order chi connectivity index (χ1) is 8.94. The van der Waals surface area contributed by atoms with Crippen LogP contribution in [0.25, 0.3) is 0 Å². The fourth-order valence-corrected chi connectivity index (χ4v) is 2.32. The average molecular weight is 283 g/mol. The summed E-state index contributed by atoms with van der Waals surface area (Å²) >= 11 is 5.54. The molecule has 0 spiro atoms. The molecule has 1 aromatic carbocycles. The third-order valence-corrected chi connectivity index (χ3v) is 3.76. The number of rotatable bonds is 4. The van der Waals surface area contributed by atoms with Gasteiger partial charge in [-0.25, -0.2) is 0 Å². The predicted octanol–water partition coefficient (Wildman–Crippen LogP) is 1.72. The van der Waals surface area contributed by atoms with Crippen LogP contribution in [0.1, 0.15) is 29.8 Å². The summed E-state index contributed by atoms with van der Waals surface area (Å²) in [7, 11) is 0. The molecule has 0 bridgehead atoms. The molecule has 0 radical (unpaired) electrons. The summed E-state index contributed by atoms with van der Waals surface area (Å²) in [6, 6.07) is 5.73. The Labute approximate surface area is 118 Å². The van der Waals surface area contributed by atoms with Crippen LogP contribution in [0, 0.1) is 0 Å². The summed E-state index contributed by atoms with van der Waals surface area (Å²) < 4.78 is 0. The molecular formula is C14H19ClN2O2. The monoisotopic (exact) mass is 282 g/mol. The van der Waals surface area contributed by atoms with E-state index in [2.05, 4.69) is 24.5 Å². The van der Waals surface area contributed by atoms with Gasteiger partial charge in [0.1, 0.15) is 0 Å². The molecule has 1 aliphatic heterocycles. The van der Waals surface area contributed by atoms with Crippen LogP contribution in [-0.2, 0) is 5.41 Å². The third-order valence-electron chi connectivity index (χ3n) is 3.40. The SMILES string of the molecule is CC1(C)CNC(=O)c2cc(NCC(O)CCl)ccc21. The summed E-state index contributed by atoms with van der Waals surface area (Å²) in [5.74, 6) is 0.140. The highest BCUT2D eigenvalue weighted by Crippen LogP contribution is 2.31. The Bertz CT molecular complexity index is 488. The second kappa shape index (κ2) is 5.39. The minimum absolute atomic E-state index is 0.0455. The molecule has 0 aliphatic carbocycles. The summed E-state index contributed by atoms with van der Waals surface area (Å²) in [5.41, 5.74) is 2.51. The molecule has 104 valence electrons. The van der Waals surface area contributed by atoms with Crippen molar-refractivity contribution in [3.8, 4) is 0 Å². The van der Waals surface area contributed by atoms with E-state index in [4.69, 9.17) is 11.6 Å². The largest absolute Gasteiger partial charge is 0.390 e. The second-order valence-corrected chi connectivity index (χ2v) is 5.82. The van der Waals surface area contributed by atoms with Crippen LogP contribution in [-0.4, -0.2) is 36.1 Å². The van der Waals surface area contributed by atoms with Gasteiger partial charge in [0.25, 0.3) is 5.91 Å². The molecule has 1 heterocycles. The molecule has 0 fully saturated rings. The van der Waals surface area contributed by atoms with E-state index in [9.17, 15) is 9.90 Å². The number of alkyl halides is 1. The standard InChI is InChI=1S/C14H19ClN2O2/c1-14(2)8-17-13(19)11-5-9(3-4-12(11)14)16-7-10(18)6-15/h3-5,10,16,18H,6-8H2,1-2H3,(H,17,19). The Hall–Kier alpha value is -1.26. The maximum atomic E-state index is 11.9. The van der Waals surface area contributed by atoms with E-state index in [1.807, 2.05) is 18.2 Å². The normalized spacial score (nSPS) is 18.4. The zero-order valence-corrected chi connectivity index (χ0v) is 11.9. The Morgan fingerprint density at radius 3 is 2.95 bits per heavy atom. The Kier molecular flexibility index (Phi) is 4.02. The first kappa shape index (κ1) is 14.2. The van der Waals surface area contributed by atoms with E-state index in [0.29, 0.717) is 18.7 Å². The molecule has 0 saturated carbocycles. The van der Waals surface area contributed by atoms with E-state index >= 15 is 0 Å². The molecule has 1 aromatic rings. The molecule has 2 rings (SSSR count). The lowest BCUT2D eigenvalue weighted by atomic mass is 9.79. The number of halogens is 1. The quantitative estimate of drug-likeness (QED) is 0.737. The predicted molar refractivity (Wildman–Crippen MR) is 77.0 cm³/mol. The van der Waals surface area contributed by atoms with Crippen molar-refractivity contribution in [1.29, 1.82) is 0 Å². The summed E-state index contributed by atoms with van der Waals surface area (Å²) in [6.07, 6.45) is -0.594. The smallest absolute Gasteiger partial charge is 0.251 e. The van der Waals surface area contributed by atoms with E-state index in [1.165, 1.54) is 0 Å². The van der Waals surface area contributed by atoms with E-state index in [0.717, 1.165) is 11.3 Å². The van der Waals surface area contributed by atoms with Crippen molar-refractivity contribution in [2.24, 2.45) is 0 Å². The van der Waals surface area contributed by atoms with Gasteiger partial charge in [0.15, 0.2) is 0 Å². The zero-order chi connectivity index (χ0) is 14.0. The van der Waals surface area contributed by atoms with Crippen LogP contribution >= 0.6 is 11.6 Å². The number of hydrogen-bond acceptors (Lipinski definition) is 3. The molecule has 1 aliphatic rings. The van der Waals surface area contributed by atoms with Crippen molar-refractivity contribution < 1.29 is 9.90 Å². The van der Waals surface area contributed by atoms with Crippen molar-refractivity contribution >= 4 is 23.2 Å². The third kappa shape index (κ3) is 3.01. The van der Waals surface area contributed by atoms with Crippen molar-refractivity contribution in [2.75, 3.05) is 24.3 Å². The van der Waals surface area contributed by atoms with Gasteiger partial charge in [-0.05, 0) is 17.7 Å². The lowest BCUT2D eigenvalue weighted by Gasteiger charge is -2.32. The van der Waals surface area contributed by atoms with Gasteiger partial charge in [0, 0.05) is 29.8 Å². The maximum absolute atomic E-state index is 11.9. The highest BCUT2D eigenvalue weighted by Gasteiger charge is 2.31. The van der Waals surface area contributed by atoms with Gasteiger partial charge >= 0.3 is 0 Å². The molecule has 1 unspecified atom stereocenters. The number of amides is 1. The molecule has 5 heteroatoms. The van der Waals surface area contributed by atoms with Crippen LogP contribution < -0.4 is 10.6 Å².